The van der Waals surface area contributed by atoms with E-state index in [1.807, 2.05) is 51.1 Å². The lowest BCUT2D eigenvalue weighted by molar-refractivity contribution is -0.142. The molecule has 0 radical (unpaired) electrons. The van der Waals surface area contributed by atoms with Crippen molar-refractivity contribution in [3.05, 3.63) is 64.7 Å². The molecule has 2 aromatic rings. The zero-order chi connectivity index (χ0) is 20.7. The van der Waals surface area contributed by atoms with Gasteiger partial charge in [-0.3, -0.25) is 9.59 Å². The molecule has 150 valence electrons. The van der Waals surface area contributed by atoms with Crippen molar-refractivity contribution >= 4 is 23.4 Å². The summed E-state index contributed by atoms with van der Waals surface area (Å²) in [5.74, 6) is 0.143. The molecular weight excluding hydrogens is 376 g/mol. The predicted octanol–water partition coefficient (Wildman–Crippen LogP) is 3.97. The number of benzene rings is 2. The van der Waals surface area contributed by atoms with Crippen molar-refractivity contribution in [2.75, 3.05) is 6.61 Å². The number of carbonyl (C=O) groups excluding carboxylic acids is 2. The van der Waals surface area contributed by atoms with Crippen LogP contribution in [0.15, 0.2) is 48.5 Å². The monoisotopic (exact) mass is 402 g/mol. The summed E-state index contributed by atoms with van der Waals surface area (Å²) in [5, 5.41) is 3.44. The van der Waals surface area contributed by atoms with E-state index in [9.17, 15) is 9.59 Å². The molecule has 0 spiro atoms. The first-order valence-electron chi connectivity index (χ1n) is 9.30. The van der Waals surface area contributed by atoms with Gasteiger partial charge < -0.3 is 15.0 Å². The molecule has 1 N–H and O–H groups in total. The van der Waals surface area contributed by atoms with Gasteiger partial charge >= 0.3 is 0 Å². The van der Waals surface area contributed by atoms with E-state index in [2.05, 4.69) is 5.32 Å². The van der Waals surface area contributed by atoms with E-state index in [-0.39, 0.29) is 31.0 Å². The van der Waals surface area contributed by atoms with E-state index in [0.29, 0.717) is 10.8 Å². The van der Waals surface area contributed by atoms with Gasteiger partial charge in [0.1, 0.15) is 11.8 Å². The molecule has 0 aliphatic heterocycles. The quantitative estimate of drug-likeness (QED) is 0.726. The largest absolute Gasteiger partial charge is 0.484 e. The molecule has 0 aliphatic rings. The van der Waals surface area contributed by atoms with E-state index < -0.39 is 6.04 Å². The van der Waals surface area contributed by atoms with Crippen molar-refractivity contribution in [1.82, 2.24) is 10.2 Å². The van der Waals surface area contributed by atoms with Gasteiger partial charge in [-0.25, -0.2) is 0 Å². The Morgan fingerprint density at radius 1 is 1.11 bits per heavy atom. The minimum Gasteiger partial charge on any atom is -0.484 e. The Labute approximate surface area is 171 Å². The molecule has 0 aromatic heterocycles. The maximum Gasteiger partial charge on any atom is 0.261 e. The molecule has 0 unspecified atom stereocenters. The van der Waals surface area contributed by atoms with Gasteiger partial charge in [-0.1, -0.05) is 35.9 Å². The van der Waals surface area contributed by atoms with Crippen molar-refractivity contribution in [2.45, 2.75) is 46.3 Å². The number of nitrogens with one attached hydrogen (secondary N) is 1. The van der Waals surface area contributed by atoms with Crippen LogP contribution in [-0.2, 0) is 16.1 Å². The van der Waals surface area contributed by atoms with Crippen LogP contribution in [0.3, 0.4) is 0 Å². The first-order valence-corrected chi connectivity index (χ1v) is 9.68. The third-order valence-corrected chi connectivity index (χ3v) is 4.43. The summed E-state index contributed by atoms with van der Waals surface area (Å²) < 4.78 is 5.65. The molecule has 6 heteroatoms. The summed E-state index contributed by atoms with van der Waals surface area (Å²) in [4.78, 5) is 26.9. The summed E-state index contributed by atoms with van der Waals surface area (Å²) in [6.45, 7) is 7.56. The number of ether oxygens (including phenoxy) is 1. The maximum atomic E-state index is 12.9. The Morgan fingerprint density at radius 2 is 1.82 bits per heavy atom. The van der Waals surface area contributed by atoms with Crippen LogP contribution in [0.4, 0.5) is 0 Å². The van der Waals surface area contributed by atoms with Crippen LogP contribution in [0, 0.1) is 6.92 Å². The number of hydrogen-bond acceptors (Lipinski definition) is 3. The molecule has 0 aliphatic carbocycles. The molecule has 0 saturated heterocycles. The van der Waals surface area contributed by atoms with Crippen molar-refractivity contribution in [3.63, 3.8) is 0 Å². The number of amides is 2. The van der Waals surface area contributed by atoms with Crippen LogP contribution in [0.25, 0.3) is 0 Å². The number of halogens is 1. The fourth-order valence-corrected chi connectivity index (χ4v) is 2.97. The highest BCUT2D eigenvalue weighted by molar-refractivity contribution is 6.30. The molecule has 2 amide bonds. The molecule has 0 saturated carbocycles. The second kappa shape index (κ2) is 10.1. The highest BCUT2D eigenvalue weighted by Crippen LogP contribution is 2.16. The van der Waals surface area contributed by atoms with Gasteiger partial charge in [0.05, 0.1) is 0 Å². The number of nitrogens with zero attached hydrogens (tertiary/aromatic N) is 1. The van der Waals surface area contributed by atoms with Gasteiger partial charge in [-0.05, 0) is 63.1 Å². The molecule has 2 rings (SSSR count). The molecule has 28 heavy (non-hydrogen) atoms. The van der Waals surface area contributed by atoms with Crippen molar-refractivity contribution in [3.8, 4) is 5.75 Å². The van der Waals surface area contributed by atoms with Gasteiger partial charge in [-0.15, -0.1) is 0 Å². The standard InChI is InChI=1S/C22H27ClN2O3/c1-15(2)24-22(27)17(4)25(13-18-8-6-9-19(23)12-18)21(26)14-28-20-10-5-7-16(3)11-20/h5-12,15,17H,13-14H2,1-4H3,(H,24,27)/t17-/m0/s1. The molecule has 0 heterocycles. The van der Waals surface area contributed by atoms with Crippen LogP contribution < -0.4 is 10.1 Å². The highest BCUT2D eigenvalue weighted by atomic mass is 35.5. The zero-order valence-corrected chi connectivity index (χ0v) is 17.5. The summed E-state index contributed by atoms with van der Waals surface area (Å²) in [5.41, 5.74) is 1.89. The first-order chi connectivity index (χ1) is 13.3. The van der Waals surface area contributed by atoms with E-state index in [4.69, 9.17) is 16.3 Å². The first kappa shape index (κ1) is 21.8. The van der Waals surface area contributed by atoms with Crippen LogP contribution in [-0.4, -0.2) is 35.4 Å². The Morgan fingerprint density at radius 3 is 2.46 bits per heavy atom. The number of rotatable bonds is 8. The fraction of sp³-hybridized carbons (Fsp3) is 0.364. The van der Waals surface area contributed by atoms with E-state index in [0.717, 1.165) is 11.1 Å². The molecule has 0 bridgehead atoms. The van der Waals surface area contributed by atoms with E-state index in [1.165, 1.54) is 4.90 Å². The van der Waals surface area contributed by atoms with Gasteiger partial charge in [0, 0.05) is 17.6 Å². The molecule has 1 atom stereocenters. The van der Waals surface area contributed by atoms with Crippen LogP contribution >= 0.6 is 11.6 Å². The molecular formula is C22H27ClN2O3. The van der Waals surface area contributed by atoms with Crippen LogP contribution in [0.5, 0.6) is 5.75 Å². The lowest BCUT2D eigenvalue weighted by Crippen LogP contribution is -2.50. The Bertz CT molecular complexity index is 823. The number of aryl methyl sites for hydroxylation is 1. The van der Waals surface area contributed by atoms with E-state index in [1.54, 1.807) is 25.1 Å². The molecule has 0 fully saturated rings. The van der Waals surface area contributed by atoms with Gasteiger partial charge in [0.15, 0.2) is 6.61 Å². The average Bonchev–Trinajstić information content (AvgIpc) is 2.63. The highest BCUT2D eigenvalue weighted by Gasteiger charge is 2.26. The van der Waals surface area contributed by atoms with Gasteiger partial charge in [0.25, 0.3) is 5.91 Å². The Balaban J connectivity index is 2.15. The minimum atomic E-state index is -0.644. The predicted molar refractivity (Wildman–Crippen MR) is 111 cm³/mol. The van der Waals surface area contributed by atoms with Crippen molar-refractivity contribution in [2.24, 2.45) is 0 Å². The van der Waals surface area contributed by atoms with E-state index >= 15 is 0 Å². The van der Waals surface area contributed by atoms with Crippen LogP contribution in [0.2, 0.25) is 5.02 Å². The lowest BCUT2D eigenvalue weighted by atomic mass is 10.1. The van der Waals surface area contributed by atoms with Crippen molar-refractivity contribution < 1.29 is 14.3 Å². The summed E-state index contributed by atoms with van der Waals surface area (Å²) in [7, 11) is 0. The van der Waals surface area contributed by atoms with Gasteiger partial charge in [0.2, 0.25) is 5.91 Å². The average molecular weight is 403 g/mol. The minimum absolute atomic E-state index is 0.0124. The Hall–Kier alpha value is -2.53. The summed E-state index contributed by atoms with van der Waals surface area (Å²) >= 11 is 6.07. The second-order valence-electron chi connectivity index (χ2n) is 7.10. The Kier molecular flexibility index (Phi) is 7.88. The second-order valence-corrected chi connectivity index (χ2v) is 7.53. The normalized spacial score (nSPS) is 11.8. The van der Waals surface area contributed by atoms with Gasteiger partial charge in [-0.2, -0.15) is 0 Å². The summed E-state index contributed by atoms with van der Waals surface area (Å²) in [6, 6.07) is 14.1. The zero-order valence-electron chi connectivity index (χ0n) is 16.7. The van der Waals surface area contributed by atoms with Crippen LogP contribution in [0.1, 0.15) is 31.9 Å². The molecule has 2 aromatic carbocycles. The maximum absolute atomic E-state index is 12.9. The van der Waals surface area contributed by atoms with Crippen molar-refractivity contribution in [1.29, 1.82) is 0 Å². The SMILES string of the molecule is Cc1cccc(OCC(=O)N(Cc2cccc(Cl)c2)[C@@H](C)C(=O)NC(C)C)c1. The lowest BCUT2D eigenvalue weighted by Gasteiger charge is -2.29. The number of hydrogen-bond donors (Lipinski definition) is 1. The third-order valence-electron chi connectivity index (χ3n) is 4.19. The smallest absolute Gasteiger partial charge is 0.261 e. The molecule has 5 nitrogen and oxygen atoms in total. The topological polar surface area (TPSA) is 58.6 Å². The summed E-state index contributed by atoms with van der Waals surface area (Å²) in [6.07, 6.45) is 0. The third kappa shape index (κ3) is 6.57. The fourth-order valence-electron chi connectivity index (χ4n) is 2.75. The number of carbonyl (C=O) groups is 2.